The Labute approximate surface area is 172 Å². The van der Waals surface area contributed by atoms with Gasteiger partial charge in [0, 0.05) is 17.7 Å². The third-order valence-electron chi connectivity index (χ3n) is 4.96. The molecule has 0 amide bonds. The average molecular weight is 410 g/mol. The second-order valence-corrected chi connectivity index (χ2v) is 8.22. The molecule has 1 aliphatic heterocycles. The number of alkyl halides is 3. The quantitative estimate of drug-likeness (QED) is 0.504. The highest BCUT2D eigenvalue weighted by molar-refractivity contribution is 5.82. The minimum Gasteiger partial charge on any atom is -0.217 e. The van der Waals surface area contributed by atoms with Crippen molar-refractivity contribution in [3.63, 3.8) is 0 Å². The van der Waals surface area contributed by atoms with Gasteiger partial charge >= 0.3 is 23.7 Å². The normalized spacial score (nSPS) is 13.7. The molecule has 0 saturated carbocycles. The van der Waals surface area contributed by atoms with Crippen molar-refractivity contribution in [1.29, 1.82) is 0 Å². The Hall–Kier alpha value is -3.31. The number of nitrogens with zero attached hydrogens (tertiary/aromatic N) is 4. The van der Waals surface area contributed by atoms with Crippen LogP contribution >= 0.6 is 0 Å². The minimum absolute atomic E-state index is 0.0300. The number of rotatable bonds is 2. The summed E-state index contributed by atoms with van der Waals surface area (Å²) in [5.74, 6) is -1.02. The highest BCUT2D eigenvalue weighted by Crippen LogP contribution is 2.41. The molecule has 1 aromatic heterocycles. The second kappa shape index (κ2) is 6.89. The highest BCUT2D eigenvalue weighted by Gasteiger charge is 2.45. The van der Waals surface area contributed by atoms with Crippen molar-refractivity contribution < 1.29 is 17.7 Å². The highest BCUT2D eigenvalue weighted by atomic mass is 19.4. The van der Waals surface area contributed by atoms with Gasteiger partial charge < -0.3 is 0 Å². The van der Waals surface area contributed by atoms with Crippen LogP contribution < -0.4 is 4.58 Å². The van der Waals surface area contributed by atoms with Gasteiger partial charge in [-0.05, 0) is 15.6 Å². The molecular formula is C23H21F3N4+2. The van der Waals surface area contributed by atoms with Crippen LogP contribution in [0.2, 0.25) is 0 Å². The molecular weight excluding hydrogens is 389 g/mol. The lowest BCUT2D eigenvalue weighted by Crippen LogP contribution is -2.15. The van der Waals surface area contributed by atoms with Crippen LogP contribution in [0.25, 0.3) is 11.3 Å². The Morgan fingerprint density at radius 1 is 0.867 bits per heavy atom. The summed E-state index contributed by atoms with van der Waals surface area (Å²) in [4.78, 5) is 7.74. The van der Waals surface area contributed by atoms with E-state index in [1.54, 1.807) is 46.5 Å². The van der Waals surface area contributed by atoms with Gasteiger partial charge in [0.1, 0.15) is 0 Å². The van der Waals surface area contributed by atoms with Gasteiger partial charge in [0.15, 0.2) is 12.7 Å². The lowest BCUT2D eigenvalue weighted by Gasteiger charge is -2.18. The van der Waals surface area contributed by atoms with Crippen molar-refractivity contribution in [2.75, 3.05) is 7.05 Å². The molecule has 3 aromatic rings. The maximum Gasteiger partial charge on any atom is 0.497 e. The SMILES string of the molecule is C[N+]1=C=[N+](c2ccc(C(C)(C)C)cc2)c2nc(C(F)(F)F)nc(-c3ccccc3)c21. The molecule has 2 aromatic carbocycles. The van der Waals surface area contributed by atoms with Crippen molar-refractivity contribution >= 4 is 23.2 Å². The number of benzene rings is 2. The smallest absolute Gasteiger partial charge is 0.217 e. The molecule has 2 heterocycles. The minimum atomic E-state index is -4.67. The lowest BCUT2D eigenvalue weighted by molar-refractivity contribution is -0.393. The number of hydrogen-bond acceptors (Lipinski definition) is 2. The topological polar surface area (TPSA) is 31.8 Å². The Morgan fingerprint density at radius 2 is 1.50 bits per heavy atom. The van der Waals surface area contributed by atoms with E-state index in [1.807, 2.05) is 24.3 Å². The summed E-state index contributed by atoms with van der Waals surface area (Å²) in [6, 6.07) is 19.6. The molecule has 0 fully saturated rings. The van der Waals surface area contributed by atoms with E-state index in [9.17, 15) is 13.2 Å². The van der Waals surface area contributed by atoms with Gasteiger partial charge in [-0.3, -0.25) is 0 Å². The van der Waals surface area contributed by atoms with Crippen LogP contribution in [0, 0.1) is 0 Å². The first kappa shape index (κ1) is 20.0. The standard InChI is InChI=1S/C23H21F3N4/c1-22(2,3)16-10-12-17(13-11-16)30-14-29(4)19-18(15-8-6-5-7-9-15)27-21(23(24,25)26)28-20(19)30/h5-13H,1-4H3/q+2. The Morgan fingerprint density at radius 3 is 2.07 bits per heavy atom. The predicted octanol–water partition coefficient (Wildman–Crippen LogP) is 5.76. The molecule has 0 radical (unpaired) electrons. The summed E-state index contributed by atoms with van der Waals surface area (Å²) in [6.45, 7) is 6.32. The van der Waals surface area contributed by atoms with E-state index < -0.39 is 12.0 Å². The first-order chi connectivity index (χ1) is 14.1. The van der Waals surface area contributed by atoms with Gasteiger partial charge in [-0.2, -0.15) is 18.2 Å². The van der Waals surface area contributed by atoms with Crippen molar-refractivity contribution in [1.82, 2.24) is 14.5 Å². The lowest BCUT2D eigenvalue weighted by atomic mass is 9.87. The summed E-state index contributed by atoms with van der Waals surface area (Å²) in [6.07, 6.45) is -4.67. The molecule has 1 aliphatic rings. The predicted molar refractivity (Wildman–Crippen MR) is 110 cm³/mol. The number of halogens is 3. The zero-order valence-corrected chi connectivity index (χ0v) is 17.1. The van der Waals surface area contributed by atoms with Crippen LogP contribution in [-0.4, -0.2) is 27.6 Å². The van der Waals surface area contributed by atoms with E-state index in [2.05, 4.69) is 36.7 Å². The largest absolute Gasteiger partial charge is 0.497 e. The van der Waals surface area contributed by atoms with Gasteiger partial charge in [-0.25, -0.2) is 4.98 Å². The first-order valence-electron chi connectivity index (χ1n) is 9.51. The van der Waals surface area contributed by atoms with E-state index in [-0.39, 0.29) is 16.9 Å². The van der Waals surface area contributed by atoms with E-state index in [1.165, 1.54) is 0 Å². The van der Waals surface area contributed by atoms with E-state index in [0.717, 1.165) is 5.56 Å². The summed E-state index contributed by atoms with van der Waals surface area (Å²) in [5.41, 5.74) is 3.06. The number of fused-ring (bicyclic) bond motifs is 1. The zero-order valence-electron chi connectivity index (χ0n) is 17.1. The average Bonchev–Trinajstić information content (AvgIpc) is 3.03. The molecule has 30 heavy (non-hydrogen) atoms. The molecule has 0 N–H and O–H groups in total. The second-order valence-electron chi connectivity index (χ2n) is 8.22. The van der Waals surface area contributed by atoms with Gasteiger partial charge in [-0.15, -0.1) is 0 Å². The van der Waals surface area contributed by atoms with Crippen molar-refractivity contribution in [2.45, 2.75) is 32.4 Å². The molecule has 0 bridgehead atoms. The van der Waals surface area contributed by atoms with Gasteiger partial charge in [0.25, 0.3) is 0 Å². The summed E-state index contributed by atoms with van der Waals surface area (Å²) < 4.78 is 43.9. The van der Waals surface area contributed by atoms with Gasteiger partial charge in [0.2, 0.25) is 11.5 Å². The fourth-order valence-electron chi connectivity index (χ4n) is 3.37. The van der Waals surface area contributed by atoms with Crippen LogP contribution in [0.15, 0.2) is 54.6 Å². The van der Waals surface area contributed by atoms with Crippen LogP contribution in [0.3, 0.4) is 0 Å². The Balaban J connectivity index is 1.92. The van der Waals surface area contributed by atoms with Crippen molar-refractivity contribution in [2.24, 2.45) is 0 Å². The molecule has 0 saturated heterocycles. The molecule has 0 unspecified atom stereocenters. The van der Waals surface area contributed by atoms with E-state index in [0.29, 0.717) is 16.9 Å². The van der Waals surface area contributed by atoms with Crippen LogP contribution in [0.4, 0.5) is 30.4 Å². The summed E-state index contributed by atoms with van der Waals surface area (Å²) in [7, 11) is 1.73. The van der Waals surface area contributed by atoms with Crippen molar-refractivity contribution in [3.05, 3.63) is 66.0 Å². The molecule has 152 valence electrons. The first-order valence-corrected chi connectivity index (χ1v) is 9.51. The zero-order chi connectivity index (χ0) is 21.7. The van der Waals surface area contributed by atoms with E-state index >= 15 is 0 Å². The maximum absolute atomic E-state index is 13.6. The fraction of sp³-hybridized carbons (Fsp3) is 0.261. The van der Waals surface area contributed by atoms with Crippen molar-refractivity contribution in [3.8, 4) is 11.3 Å². The van der Waals surface area contributed by atoms with Crippen LogP contribution in [0.1, 0.15) is 32.2 Å². The van der Waals surface area contributed by atoms with Gasteiger partial charge in [-0.1, -0.05) is 67.8 Å². The number of hydrogen-bond donors (Lipinski definition) is 0. The molecule has 0 aliphatic carbocycles. The van der Waals surface area contributed by atoms with Gasteiger partial charge in [0.05, 0.1) is 0 Å². The Kier molecular flexibility index (Phi) is 4.59. The fourth-order valence-corrected chi connectivity index (χ4v) is 3.37. The molecule has 4 nitrogen and oxygen atoms in total. The maximum atomic E-state index is 13.6. The van der Waals surface area contributed by atoms with E-state index in [4.69, 9.17) is 0 Å². The summed E-state index contributed by atoms with van der Waals surface area (Å²) in [5, 5.41) is 0. The third-order valence-corrected chi connectivity index (χ3v) is 4.96. The molecule has 0 atom stereocenters. The number of aromatic nitrogens is 2. The molecule has 0 spiro atoms. The monoisotopic (exact) mass is 410 g/mol. The molecule has 4 rings (SSSR count). The third kappa shape index (κ3) is 3.53. The Bertz CT molecular complexity index is 1180. The molecule has 7 heteroatoms. The summed E-state index contributed by atoms with van der Waals surface area (Å²) >= 11 is 0. The van der Waals surface area contributed by atoms with Crippen LogP contribution in [0.5, 0.6) is 0 Å². The van der Waals surface area contributed by atoms with Crippen LogP contribution in [-0.2, 0) is 11.6 Å².